The fourth-order valence-corrected chi connectivity index (χ4v) is 3.28. The summed E-state index contributed by atoms with van der Waals surface area (Å²) in [6, 6.07) is 17.1. The monoisotopic (exact) mass is 308 g/mol. The van der Waals surface area contributed by atoms with Crippen molar-refractivity contribution in [2.75, 3.05) is 18.5 Å². The van der Waals surface area contributed by atoms with E-state index in [2.05, 4.69) is 104 Å². The molecular formula is C20H26N3+. The van der Waals surface area contributed by atoms with Gasteiger partial charge in [0, 0.05) is 6.07 Å². The molecule has 3 heteroatoms. The molecule has 0 unspecified atom stereocenters. The summed E-state index contributed by atoms with van der Waals surface area (Å²) in [6.45, 7) is 7.83. The molecule has 0 radical (unpaired) electrons. The van der Waals surface area contributed by atoms with Gasteiger partial charge in [0.2, 0.25) is 11.5 Å². The molecule has 0 aliphatic heterocycles. The molecule has 0 aliphatic rings. The molecule has 0 fully saturated rings. The number of hydrogen-bond donors (Lipinski definition) is 0. The quantitative estimate of drug-likeness (QED) is 0.668. The van der Waals surface area contributed by atoms with Crippen molar-refractivity contribution in [2.24, 2.45) is 12.5 Å². The zero-order chi connectivity index (χ0) is 16.6. The zero-order valence-electron chi connectivity index (χ0n) is 14.7. The van der Waals surface area contributed by atoms with E-state index >= 15 is 0 Å². The van der Waals surface area contributed by atoms with Crippen LogP contribution in [-0.2, 0) is 7.05 Å². The van der Waals surface area contributed by atoms with E-state index in [1.807, 2.05) is 0 Å². The van der Waals surface area contributed by atoms with E-state index in [4.69, 9.17) is 0 Å². The summed E-state index contributed by atoms with van der Waals surface area (Å²) in [6.07, 6.45) is 2.15. The predicted octanol–water partition coefficient (Wildman–Crippen LogP) is 3.94. The minimum absolute atomic E-state index is 0.262. The lowest BCUT2D eigenvalue weighted by Crippen LogP contribution is -2.41. The van der Waals surface area contributed by atoms with Crippen LogP contribution in [-0.4, -0.2) is 18.2 Å². The van der Waals surface area contributed by atoms with Gasteiger partial charge in [-0.15, -0.1) is 0 Å². The molecule has 23 heavy (non-hydrogen) atoms. The molecule has 1 aromatic carbocycles. The van der Waals surface area contributed by atoms with Crippen molar-refractivity contribution in [1.82, 2.24) is 4.57 Å². The van der Waals surface area contributed by atoms with Crippen LogP contribution in [0.2, 0.25) is 0 Å². The Labute approximate surface area is 138 Å². The summed E-state index contributed by atoms with van der Waals surface area (Å²) in [5, 5.41) is 1.25. The molecule has 0 spiro atoms. The first kappa shape index (κ1) is 15.6. The van der Waals surface area contributed by atoms with Crippen molar-refractivity contribution in [1.29, 1.82) is 0 Å². The lowest BCUT2D eigenvalue weighted by atomic mass is 9.96. The number of aromatic nitrogens is 2. The van der Waals surface area contributed by atoms with Crippen molar-refractivity contribution in [3.63, 3.8) is 0 Å². The van der Waals surface area contributed by atoms with E-state index in [9.17, 15) is 0 Å². The molecule has 3 nitrogen and oxygen atoms in total. The highest BCUT2D eigenvalue weighted by Gasteiger charge is 2.22. The summed E-state index contributed by atoms with van der Waals surface area (Å²) >= 11 is 0. The number of anilines is 1. The second-order valence-electron chi connectivity index (χ2n) is 7.47. The van der Waals surface area contributed by atoms with Gasteiger partial charge in [0.1, 0.15) is 5.69 Å². The summed E-state index contributed by atoms with van der Waals surface area (Å²) in [5.41, 5.74) is 2.67. The Balaban J connectivity index is 2.11. The van der Waals surface area contributed by atoms with Crippen LogP contribution in [0.1, 0.15) is 20.8 Å². The van der Waals surface area contributed by atoms with Gasteiger partial charge in [-0.3, -0.25) is 4.90 Å². The number of hydrogen-bond acceptors (Lipinski definition) is 1. The first-order chi connectivity index (χ1) is 10.9. The van der Waals surface area contributed by atoms with Gasteiger partial charge in [-0.25, -0.2) is 9.13 Å². The van der Waals surface area contributed by atoms with Gasteiger partial charge in [-0.1, -0.05) is 39.0 Å². The lowest BCUT2D eigenvalue weighted by molar-refractivity contribution is -0.634. The van der Waals surface area contributed by atoms with Crippen molar-refractivity contribution in [2.45, 2.75) is 20.8 Å². The van der Waals surface area contributed by atoms with E-state index in [0.717, 1.165) is 6.54 Å². The molecular weight excluding hydrogens is 282 g/mol. The van der Waals surface area contributed by atoms with Gasteiger partial charge < -0.3 is 0 Å². The Kier molecular flexibility index (Phi) is 3.88. The summed E-state index contributed by atoms with van der Waals surface area (Å²) < 4.78 is 4.54. The summed E-state index contributed by atoms with van der Waals surface area (Å²) in [4.78, 5) is 2.34. The fourth-order valence-electron chi connectivity index (χ4n) is 3.28. The van der Waals surface area contributed by atoms with Gasteiger partial charge in [0.05, 0.1) is 32.2 Å². The van der Waals surface area contributed by atoms with Crippen molar-refractivity contribution in [3.8, 4) is 5.69 Å². The van der Waals surface area contributed by atoms with Crippen LogP contribution in [0.5, 0.6) is 0 Å². The average molecular weight is 308 g/mol. The maximum Gasteiger partial charge on any atom is 0.240 e. The van der Waals surface area contributed by atoms with Crippen LogP contribution in [0.25, 0.3) is 16.7 Å². The van der Waals surface area contributed by atoms with Crippen LogP contribution >= 0.6 is 0 Å². The second-order valence-corrected chi connectivity index (χ2v) is 7.47. The van der Waals surface area contributed by atoms with E-state index < -0.39 is 0 Å². The molecule has 0 saturated carbocycles. The Morgan fingerprint density at radius 2 is 1.70 bits per heavy atom. The van der Waals surface area contributed by atoms with Gasteiger partial charge in [0.25, 0.3) is 0 Å². The highest BCUT2D eigenvalue weighted by atomic mass is 15.2. The first-order valence-corrected chi connectivity index (χ1v) is 8.13. The minimum Gasteiger partial charge on any atom is -0.295 e. The number of benzene rings is 1. The highest BCUT2D eigenvalue weighted by molar-refractivity contribution is 5.76. The molecule has 3 rings (SSSR count). The van der Waals surface area contributed by atoms with Crippen LogP contribution in [0, 0.1) is 5.41 Å². The largest absolute Gasteiger partial charge is 0.295 e. The van der Waals surface area contributed by atoms with E-state index in [-0.39, 0.29) is 5.41 Å². The predicted molar refractivity (Wildman–Crippen MR) is 97.2 cm³/mol. The van der Waals surface area contributed by atoms with Gasteiger partial charge in [-0.2, -0.15) is 0 Å². The fraction of sp³-hybridized carbons (Fsp3) is 0.350. The Morgan fingerprint density at radius 1 is 1.00 bits per heavy atom. The number of fused-ring (bicyclic) bond motifs is 1. The second kappa shape index (κ2) is 5.73. The van der Waals surface area contributed by atoms with E-state index in [0.29, 0.717) is 0 Å². The van der Waals surface area contributed by atoms with Crippen LogP contribution < -0.4 is 9.47 Å². The first-order valence-electron chi connectivity index (χ1n) is 8.13. The third-order valence-electron chi connectivity index (χ3n) is 4.10. The SMILES string of the molecule is CN(CC(C)(C)C)c1ccc2ccn(-c3ccccc3)c2[n+]1C. The van der Waals surface area contributed by atoms with E-state index in [1.165, 1.54) is 22.5 Å². The molecule has 0 aliphatic carbocycles. The van der Waals surface area contributed by atoms with E-state index in [1.54, 1.807) is 0 Å². The molecule has 0 saturated heterocycles. The summed E-state index contributed by atoms with van der Waals surface area (Å²) in [5.74, 6) is 1.23. The number of aryl methyl sites for hydroxylation is 1. The standard InChI is InChI=1S/C20H26N3/c1-20(2,3)15-21(4)18-12-11-16-13-14-23(19(16)22(18)5)17-9-7-6-8-10-17/h6-14H,15H2,1-5H3/q+1. The van der Waals surface area contributed by atoms with Crippen molar-refractivity contribution >= 4 is 16.9 Å². The zero-order valence-corrected chi connectivity index (χ0v) is 14.7. The molecule has 2 aromatic heterocycles. The molecule has 120 valence electrons. The Bertz CT molecular complexity index is 810. The van der Waals surface area contributed by atoms with Crippen LogP contribution in [0.3, 0.4) is 0 Å². The van der Waals surface area contributed by atoms with Crippen molar-refractivity contribution < 1.29 is 4.57 Å². The molecule has 3 aromatic rings. The molecule has 0 bridgehead atoms. The minimum atomic E-state index is 0.262. The normalized spacial score (nSPS) is 11.9. The van der Waals surface area contributed by atoms with Crippen LogP contribution in [0.15, 0.2) is 54.7 Å². The molecule has 0 atom stereocenters. The van der Waals surface area contributed by atoms with Gasteiger partial charge >= 0.3 is 0 Å². The third-order valence-corrected chi connectivity index (χ3v) is 4.10. The maximum absolute atomic E-state index is 2.34. The smallest absolute Gasteiger partial charge is 0.240 e. The average Bonchev–Trinajstić information content (AvgIpc) is 2.91. The third kappa shape index (κ3) is 3.09. The number of nitrogens with zero attached hydrogens (tertiary/aromatic N) is 3. The number of rotatable bonds is 3. The van der Waals surface area contributed by atoms with Gasteiger partial charge in [0.15, 0.2) is 0 Å². The van der Waals surface area contributed by atoms with Crippen molar-refractivity contribution in [3.05, 3.63) is 54.7 Å². The Morgan fingerprint density at radius 3 is 2.35 bits per heavy atom. The lowest BCUT2D eigenvalue weighted by Gasteiger charge is -2.25. The van der Waals surface area contributed by atoms with Gasteiger partial charge in [-0.05, 0) is 29.7 Å². The maximum atomic E-state index is 2.34. The molecule has 0 N–H and O–H groups in total. The van der Waals surface area contributed by atoms with Crippen LogP contribution in [0.4, 0.5) is 5.82 Å². The molecule has 0 amide bonds. The summed E-state index contributed by atoms with van der Waals surface area (Å²) in [7, 11) is 4.32. The number of para-hydroxylation sites is 1. The topological polar surface area (TPSA) is 12.1 Å². The number of pyridine rings is 1. The Hall–Kier alpha value is -2.29. The molecule has 2 heterocycles. The highest BCUT2D eigenvalue weighted by Crippen LogP contribution is 2.22.